The Hall–Kier alpha value is 0.0300. The predicted octanol–water partition coefficient (Wildman–Crippen LogP) is -0.174. The van der Waals surface area contributed by atoms with E-state index in [0.29, 0.717) is 6.42 Å². The van der Waals surface area contributed by atoms with Gasteiger partial charge in [-0.1, -0.05) is 6.92 Å². The Bertz CT molecular complexity index is 119. The van der Waals surface area contributed by atoms with Crippen LogP contribution < -0.4 is 0 Å². The Balaban J connectivity index is 3.56. The molecule has 4 nitrogen and oxygen atoms in total. The summed E-state index contributed by atoms with van der Waals surface area (Å²) >= 11 is -1.96. The van der Waals surface area contributed by atoms with Gasteiger partial charge in [0, 0.05) is 13.6 Å². The van der Waals surface area contributed by atoms with Gasteiger partial charge in [-0.25, -0.2) is 8.51 Å². The Morgan fingerprint density at radius 1 is 1.70 bits per heavy atom. The summed E-state index contributed by atoms with van der Waals surface area (Å²) in [6.45, 7) is 2.05. The molecular formula is C5H13NO3S. The van der Waals surface area contributed by atoms with Crippen molar-refractivity contribution in [2.75, 3.05) is 13.6 Å². The molecule has 0 rings (SSSR count). The topological polar surface area (TPSA) is 60.8 Å². The van der Waals surface area contributed by atoms with Crippen molar-refractivity contribution >= 4 is 11.3 Å². The number of hydrogen-bond acceptors (Lipinski definition) is 2. The van der Waals surface area contributed by atoms with Crippen LogP contribution in [0, 0.1) is 0 Å². The minimum absolute atomic E-state index is 0.236. The van der Waals surface area contributed by atoms with Gasteiger partial charge in [0.2, 0.25) is 11.3 Å². The monoisotopic (exact) mass is 167 g/mol. The average Bonchev–Trinajstić information content (AvgIpc) is 1.87. The second-order valence-corrected chi connectivity index (χ2v) is 3.19. The number of rotatable bonds is 4. The number of hydrogen-bond donors (Lipinski definition) is 2. The number of likely N-dealkylation sites (N-methyl/N-ethyl adjacent to an activating group) is 1. The molecular weight excluding hydrogens is 154 g/mol. The van der Waals surface area contributed by atoms with E-state index in [1.807, 2.05) is 6.92 Å². The van der Waals surface area contributed by atoms with Crippen molar-refractivity contribution in [1.82, 2.24) is 4.31 Å². The summed E-state index contributed by atoms with van der Waals surface area (Å²) in [6.07, 6.45) is 0.0859. The summed E-state index contributed by atoms with van der Waals surface area (Å²) < 4.78 is 19.9. The largest absolute Gasteiger partial charge is 0.392 e. The summed E-state index contributed by atoms with van der Waals surface area (Å²) in [5.41, 5.74) is 0. The van der Waals surface area contributed by atoms with Gasteiger partial charge >= 0.3 is 0 Å². The van der Waals surface area contributed by atoms with E-state index in [9.17, 15) is 4.21 Å². The summed E-state index contributed by atoms with van der Waals surface area (Å²) in [6, 6.07) is 0. The lowest BCUT2D eigenvalue weighted by Crippen LogP contribution is -2.29. The Kier molecular flexibility index (Phi) is 4.80. The highest BCUT2D eigenvalue weighted by Gasteiger charge is 2.08. The van der Waals surface area contributed by atoms with Gasteiger partial charge in [0.15, 0.2) is 0 Å². The molecule has 0 aliphatic carbocycles. The fourth-order valence-corrected chi connectivity index (χ4v) is 0.789. The molecule has 0 aliphatic heterocycles. The van der Waals surface area contributed by atoms with Crippen molar-refractivity contribution in [3.8, 4) is 0 Å². The van der Waals surface area contributed by atoms with Gasteiger partial charge in [0.25, 0.3) is 0 Å². The van der Waals surface area contributed by atoms with Crippen LogP contribution in [0.3, 0.4) is 0 Å². The third kappa shape index (κ3) is 3.94. The molecule has 0 amide bonds. The summed E-state index contributed by atoms with van der Waals surface area (Å²) in [5.74, 6) is 0. The Morgan fingerprint density at radius 3 is 2.50 bits per heavy atom. The van der Waals surface area contributed by atoms with Gasteiger partial charge in [-0.3, -0.25) is 4.55 Å². The van der Waals surface area contributed by atoms with Gasteiger partial charge < -0.3 is 5.11 Å². The zero-order valence-corrected chi connectivity index (χ0v) is 6.97. The van der Waals surface area contributed by atoms with E-state index in [2.05, 4.69) is 0 Å². The molecule has 0 fully saturated rings. The Morgan fingerprint density at radius 2 is 2.20 bits per heavy atom. The molecule has 0 aliphatic rings. The maximum Gasteiger partial charge on any atom is 0.234 e. The number of aliphatic hydroxyl groups is 1. The molecule has 1 unspecified atom stereocenters. The van der Waals surface area contributed by atoms with Crippen molar-refractivity contribution in [3.63, 3.8) is 0 Å². The van der Waals surface area contributed by atoms with Crippen molar-refractivity contribution in [3.05, 3.63) is 0 Å². The fourth-order valence-electron chi connectivity index (χ4n) is 0.490. The van der Waals surface area contributed by atoms with Gasteiger partial charge in [-0.2, -0.15) is 0 Å². The molecule has 0 spiro atoms. The molecule has 0 radical (unpaired) electrons. The second-order valence-electron chi connectivity index (χ2n) is 2.10. The molecule has 0 aromatic heterocycles. The highest BCUT2D eigenvalue weighted by atomic mass is 32.2. The van der Waals surface area contributed by atoms with Crippen LogP contribution in [0.5, 0.6) is 0 Å². The van der Waals surface area contributed by atoms with Crippen LogP contribution in [-0.2, 0) is 11.3 Å². The zero-order chi connectivity index (χ0) is 8.15. The van der Waals surface area contributed by atoms with E-state index in [0.717, 1.165) is 0 Å². The molecule has 0 heterocycles. The van der Waals surface area contributed by atoms with Crippen LogP contribution in [-0.4, -0.2) is 37.9 Å². The smallest absolute Gasteiger partial charge is 0.234 e. The van der Waals surface area contributed by atoms with Crippen molar-refractivity contribution < 1.29 is 13.9 Å². The lowest BCUT2D eigenvalue weighted by molar-refractivity contribution is 0.148. The maximum atomic E-state index is 10.3. The molecule has 0 aromatic carbocycles. The summed E-state index contributed by atoms with van der Waals surface area (Å²) in [5, 5.41) is 8.99. The van der Waals surface area contributed by atoms with Crippen LogP contribution in [0.4, 0.5) is 0 Å². The normalized spacial score (nSPS) is 17.3. The first-order chi connectivity index (χ1) is 4.57. The van der Waals surface area contributed by atoms with E-state index in [1.165, 1.54) is 11.4 Å². The van der Waals surface area contributed by atoms with E-state index in [4.69, 9.17) is 9.66 Å². The van der Waals surface area contributed by atoms with E-state index in [1.54, 1.807) is 0 Å². The lowest BCUT2D eigenvalue weighted by Gasteiger charge is -2.14. The summed E-state index contributed by atoms with van der Waals surface area (Å²) in [4.78, 5) is 0. The maximum absolute atomic E-state index is 10.3. The van der Waals surface area contributed by atoms with Crippen molar-refractivity contribution in [2.24, 2.45) is 0 Å². The van der Waals surface area contributed by atoms with E-state index < -0.39 is 17.4 Å². The minimum Gasteiger partial charge on any atom is -0.392 e. The molecule has 5 heteroatoms. The fraction of sp³-hybridized carbons (Fsp3) is 1.00. The molecule has 2 N–H and O–H groups in total. The van der Waals surface area contributed by atoms with Crippen LogP contribution in [0.15, 0.2) is 0 Å². The van der Waals surface area contributed by atoms with Crippen LogP contribution in [0.25, 0.3) is 0 Å². The zero-order valence-electron chi connectivity index (χ0n) is 6.15. The quantitative estimate of drug-likeness (QED) is 0.571. The number of nitrogens with zero attached hydrogens (tertiary/aromatic N) is 1. The Labute approximate surface area is 63.3 Å². The molecule has 62 valence electrons. The van der Waals surface area contributed by atoms with Gasteiger partial charge in [-0.05, 0) is 6.42 Å². The number of aliphatic hydroxyl groups excluding tert-OH is 1. The first kappa shape index (κ1) is 10.0. The third-order valence-corrected chi connectivity index (χ3v) is 1.89. The molecule has 0 saturated heterocycles. The lowest BCUT2D eigenvalue weighted by atomic mass is 10.3. The molecule has 2 atom stereocenters. The van der Waals surface area contributed by atoms with Gasteiger partial charge in [0.05, 0.1) is 6.10 Å². The highest BCUT2D eigenvalue weighted by Crippen LogP contribution is 1.94. The third-order valence-electron chi connectivity index (χ3n) is 1.21. The highest BCUT2D eigenvalue weighted by molar-refractivity contribution is 7.76. The van der Waals surface area contributed by atoms with Gasteiger partial charge in [-0.15, -0.1) is 0 Å². The second kappa shape index (κ2) is 4.79. The standard InChI is InChI=1S/C5H13NO3S/c1-3-5(7)4-6(2)10(8)9/h5,7H,3-4H2,1-2H3,(H,8,9)/t5-/m0/s1. The molecule has 10 heavy (non-hydrogen) atoms. The van der Waals surface area contributed by atoms with E-state index >= 15 is 0 Å². The molecule has 0 bridgehead atoms. The first-order valence-corrected chi connectivity index (χ1v) is 4.14. The van der Waals surface area contributed by atoms with Crippen LogP contribution in [0.1, 0.15) is 13.3 Å². The van der Waals surface area contributed by atoms with E-state index in [-0.39, 0.29) is 6.54 Å². The van der Waals surface area contributed by atoms with Crippen molar-refractivity contribution in [2.45, 2.75) is 19.4 Å². The van der Waals surface area contributed by atoms with Gasteiger partial charge in [0.1, 0.15) is 0 Å². The minimum atomic E-state index is -1.96. The van der Waals surface area contributed by atoms with Crippen molar-refractivity contribution in [1.29, 1.82) is 0 Å². The average molecular weight is 167 g/mol. The molecule has 0 saturated carbocycles. The first-order valence-electron chi connectivity index (χ1n) is 3.08. The molecule has 0 aromatic rings. The van der Waals surface area contributed by atoms with Crippen LogP contribution >= 0.6 is 0 Å². The summed E-state index contributed by atoms with van der Waals surface area (Å²) in [7, 11) is 1.48. The van der Waals surface area contributed by atoms with Crippen LogP contribution in [0.2, 0.25) is 0 Å². The SMILES string of the molecule is CC[C@H](O)CN(C)S(=O)O. The predicted molar refractivity (Wildman–Crippen MR) is 39.7 cm³/mol.